The zero-order valence-corrected chi connectivity index (χ0v) is 13.3. The lowest BCUT2D eigenvalue weighted by molar-refractivity contribution is 0.276. The highest BCUT2D eigenvalue weighted by Gasteiger charge is 2.34. The van der Waals surface area contributed by atoms with E-state index in [2.05, 4.69) is 4.98 Å². The van der Waals surface area contributed by atoms with Gasteiger partial charge in [0.15, 0.2) is 20.6 Å². The summed E-state index contributed by atoms with van der Waals surface area (Å²) in [6, 6.07) is 0. The van der Waals surface area contributed by atoms with Crippen LogP contribution in [0.2, 0.25) is 0 Å². The number of imidazole rings is 1. The summed E-state index contributed by atoms with van der Waals surface area (Å²) in [5.74, 6) is 1.99. The molecule has 9 heteroatoms. The molecule has 2 aromatic rings. The van der Waals surface area contributed by atoms with Crippen LogP contribution in [0.5, 0.6) is 0 Å². The van der Waals surface area contributed by atoms with Crippen molar-refractivity contribution in [1.29, 1.82) is 0 Å². The molecular formula is C11H15N3O3S3. The van der Waals surface area contributed by atoms with Crippen LogP contribution in [0.4, 0.5) is 5.82 Å². The molecule has 0 aromatic carbocycles. The van der Waals surface area contributed by atoms with Crippen LogP contribution < -0.4 is 4.90 Å². The predicted octanol–water partition coefficient (Wildman–Crippen LogP) is 0.812. The number of anilines is 1. The highest BCUT2D eigenvalue weighted by molar-refractivity contribution is 8.01. The van der Waals surface area contributed by atoms with Gasteiger partial charge >= 0.3 is 0 Å². The Morgan fingerprint density at radius 3 is 3.05 bits per heavy atom. The van der Waals surface area contributed by atoms with Crippen molar-refractivity contribution in [3.05, 3.63) is 17.3 Å². The van der Waals surface area contributed by atoms with E-state index in [1.807, 2.05) is 20.9 Å². The van der Waals surface area contributed by atoms with Gasteiger partial charge in [0.25, 0.3) is 0 Å². The number of thiazole rings is 1. The fourth-order valence-electron chi connectivity index (χ4n) is 2.38. The molecule has 0 spiro atoms. The lowest BCUT2D eigenvalue weighted by Gasteiger charge is -2.34. The second-order valence-corrected chi connectivity index (χ2v) is 8.87. The normalized spacial score (nSPS) is 20.7. The Kier molecular flexibility index (Phi) is 3.69. The molecule has 6 nitrogen and oxygen atoms in total. The molecule has 0 aliphatic carbocycles. The van der Waals surface area contributed by atoms with Crippen molar-refractivity contribution in [2.75, 3.05) is 29.2 Å². The SMILES string of the molecule is CS(=O)(=O)C1CSCCN1c1nc2sccn2c1CO. The fraction of sp³-hybridized carbons (Fsp3) is 0.545. The largest absolute Gasteiger partial charge is 0.390 e. The highest BCUT2D eigenvalue weighted by Crippen LogP contribution is 2.30. The van der Waals surface area contributed by atoms with Crippen LogP contribution in [0, 0.1) is 0 Å². The summed E-state index contributed by atoms with van der Waals surface area (Å²) in [5, 5.41) is 10.9. The zero-order chi connectivity index (χ0) is 14.3. The first-order chi connectivity index (χ1) is 9.52. The maximum Gasteiger partial charge on any atom is 0.195 e. The average Bonchev–Trinajstić information content (AvgIpc) is 2.97. The number of sulfone groups is 1. The van der Waals surface area contributed by atoms with Crippen LogP contribution in [0.25, 0.3) is 4.96 Å². The summed E-state index contributed by atoms with van der Waals surface area (Å²) in [7, 11) is -3.19. The molecule has 1 saturated heterocycles. The van der Waals surface area contributed by atoms with Gasteiger partial charge in [0.2, 0.25) is 0 Å². The molecule has 20 heavy (non-hydrogen) atoms. The number of rotatable bonds is 3. The topological polar surface area (TPSA) is 74.9 Å². The molecule has 3 rings (SSSR count). The average molecular weight is 333 g/mol. The molecule has 0 bridgehead atoms. The van der Waals surface area contributed by atoms with Crippen LogP contribution in [0.1, 0.15) is 5.69 Å². The Morgan fingerprint density at radius 2 is 2.35 bits per heavy atom. The zero-order valence-electron chi connectivity index (χ0n) is 10.9. The number of aliphatic hydroxyl groups is 1. The van der Waals surface area contributed by atoms with Gasteiger partial charge in [0, 0.05) is 35.9 Å². The van der Waals surface area contributed by atoms with Gasteiger partial charge in [-0.25, -0.2) is 13.4 Å². The molecule has 1 unspecified atom stereocenters. The summed E-state index contributed by atoms with van der Waals surface area (Å²) in [5.41, 5.74) is 0.654. The summed E-state index contributed by atoms with van der Waals surface area (Å²) in [4.78, 5) is 7.09. The minimum absolute atomic E-state index is 0.159. The molecular weight excluding hydrogens is 318 g/mol. The monoisotopic (exact) mass is 333 g/mol. The van der Waals surface area contributed by atoms with E-state index in [0.717, 1.165) is 10.7 Å². The van der Waals surface area contributed by atoms with Crippen LogP contribution in [0.3, 0.4) is 0 Å². The van der Waals surface area contributed by atoms with Crippen molar-refractivity contribution in [3.63, 3.8) is 0 Å². The summed E-state index contributed by atoms with van der Waals surface area (Å²) in [6.07, 6.45) is 3.10. The van der Waals surface area contributed by atoms with Gasteiger partial charge in [-0.1, -0.05) is 0 Å². The molecule has 110 valence electrons. The Labute approximate surface area is 125 Å². The van der Waals surface area contributed by atoms with Gasteiger partial charge in [-0.15, -0.1) is 11.3 Å². The summed E-state index contributed by atoms with van der Waals surface area (Å²) in [6.45, 7) is 0.466. The molecule has 1 fully saturated rings. The third-order valence-electron chi connectivity index (χ3n) is 3.34. The molecule has 1 aliphatic heterocycles. The van der Waals surface area contributed by atoms with Gasteiger partial charge in [-0.2, -0.15) is 11.8 Å². The van der Waals surface area contributed by atoms with Crippen molar-refractivity contribution in [2.24, 2.45) is 0 Å². The third kappa shape index (κ3) is 2.32. The lowest BCUT2D eigenvalue weighted by atomic mass is 10.4. The number of aliphatic hydroxyl groups excluding tert-OH is 1. The molecule has 1 atom stereocenters. The number of aromatic nitrogens is 2. The second kappa shape index (κ2) is 5.21. The third-order valence-corrected chi connectivity index (χ3v) is 6.74. The number of thioether (sulfide) groups is 1. The minimum Gasteiger partial charge on any atom is -0.390 e. The van der Waals surface area contributed by atoms with E-state index in [1.165, 1.54) is 17.6 Å². The standard InChI is InChI=1S/C11H15N3O3S3/c1-20(16,17)9-7-18-4-2-14(9)10-8(6-15)13-3-5-19-11(13)12-10/h3,5,9,15H,2,4,6-7H2,1H3. The van der Waals surface area contributed by atoms with Gasteiger partial charge in [-0.3, -0.25) is 4.40 Å². The Morgan fingerprint density at radius 1 is 1.55 bits per heavy atom. The van der Waals surface area contributed by atoms with Crippen LogP contribution in [-0.4, -0.2) is 52.6 Å². The van der Waals surface area contributed by atoms with Crippen LogP contribution in [-0.2, 0) is 16.4 Å². The van der Waals surface area contributed by atoms with Gasteiger partial charge in [-0.05, 0) is 0 Å². The molecule has 1 aliphatic rings. The van der Waals surface area contributed by atoms with Crippen molar-refractivity contribution >= 4 is 43.7 Å². The first-order valence-electron chi connectivity index (χ1n) is 6.11. The Balaban J connectivity index is 2.10. The molecule has 0 amide bonds. The number of fused-ring (bicyclic) bond motifs is 1. The minimum atomic E-state index is -3.19. The molecule has 1 N–H and O–H groups in total. The van der Waals surface area contributed by atoms with Crippen molar-refractivity contribution < 1.29 is 13.5 Å². The van der Waals surface area contributed by atoms with Gasteiger partial charge in [0.05, 0.1) is 12.3 Å². The maximum atomic E-state index is 12.0. The van der Waals surface area contributed by atoms with Crippen molar-refractivity contribution in [1.82, 2.24) is 9.38 Å². The van der Waals surface area contributed by atoms with E-state index in [0.29, 0.717) is 23.8 Å². The van der Waals surface area contributed by atoms with Crippen LogP contribution in [0.15, 0.2) is 11.6 Å². The number of hydrogen-bond donors (Lipinski definition) is 1. The number of hydrogen-bond acceptors (Lipinski definition) is 7. The quantitative estimate of drug-likeness (QED) is 0.896. The van der Waals surface area contributed by atoms with Crippen LogP contribution >= 0.6 is 23.1 Å². The summed E-state index contributed by atoms with van der Waals surface area (Å²) < 4.78 is 25.8. The highest BCUT2D eigenvalue weighted by atomic mass is 32.2. The fourth-order valence-corrected chi connectivity index (χ4v) is 5.92. The maximum absolute atomic E-state index is 12.0. The van der Waals surface area contributed by atoms with E-state index in [1.54, 1.807) is 11.8 Å². The van der Waals surface area contributed by atoms with Crippen molar-refractivity contribution in [3.8, 4) is 0 Å². The lowest BCUT2D eigenvalue weighted by Crippen LogP contribution is -2.47. The second-order valence-electron chi connectivity index (χ2n) is 4.65. The Bertz CT molecular complexity index is 722. The smallest absolute Gasteiger partial charge is 0.195 e. The van der Waals surface area contributed by atoms with E-state index in [9.17, 15) is 13.5 Å². The van der Waals surface area contributed by atoms with E-state index in [4.69, 9.17) is 0 Å². The van der Waals surface area contributed by atoms with Gasteiger partial charge < -0.3 is 10.0 Å². The first kappa shape index (κ1) is 14.2. The predicted molar refractivity (Wildman–Crippen MR) is 82.3 cm³/mol. The summed E-state index contributed by atoms with van der Waals surface area (Å²) >= 11 is 3.11. The van der Waals surface area contributed by atoms with E-state index >= 15 is 0 Å². The first-order valence-corrected chi connectivity index (χ1v) is 10.1. The van der Waals surface area contributed by atoms with E-state index in [-0.39, 0.29) is 6.61 Å². The number of nitrogens with zero attached hydrogens (tertiary/aromatic N) is 3. The van der Waals surface area contributed by atoms with Crippen molar-refractivity contribution in [2.45, 2.75) is 12.0 Å². The van der Waals surface area contributed by atoms with E-state index < -0.39 is 15.2 Å². The molecule has 2 aromatic heterocycles. The molecule has 3 heterocycles. The molecule has 0 saturated carbocycles. The van der Waals surface area contributed by atoms with Gasteiger partial charge in [0.1, 0.15) is 5.37 Å². The Hall–Kier alpha value is -0.770. The molecule has 0 radical (unpaired) electrons.